The molecule has 0 radical (unpaired) electrons. The molecule has 1 atom stereocenters. The summed E-state index contributed by atoms with van der Waals surface area (Å²) in [6.07, 6.45) is 0.251. The molecule has 3 rings (SSSR count). The van der Waals surface area contributed by atoms with Gasteiger partial charge in [-0.3, -0.25) is 9.59 Å². The first-order valence-electron chi connectivity index (χ1n) is 8.84. The van der Waals surface area contributed by atoms with E-state index in [-0.39, 0.29) is 18.1 Å². The maximum absolute atomic E-state index is 12.9. The van der Waals surface area contributed by atoms with E-state index in [2.05, 4.69) is 10.2 Å². The number of primary amides is 1. The predicted molar refractivity (Wildman–Crippen MR) is 102 cm³/mol. The van der Waals surface area contributed by atoms with Crippen LogP contribution in [-0.2, 0) is 16.0 Å². The molecular weight excluding hydrogens is 346 g/mol. The zero-order chi connectivity index (χ0) is 19.2. The van der Waals surface area contributed by atoms with Crippen LogP contribution in [0.5, 0.6) is 5.75 Å². The van der Waals surface area contributed by atoms with Gasteiger partial charge in [-0.2, -0.15) is 0 Å². The summed E-state index contributed by atoms with van der Waals surface area (Å²) < 4.78 is 5.37. The van der Waals surface area contributed by atoms with Gasteiger partial charge in [0.05, 0.1) is 18.8 Å². The second kappa shape index (κ2) is 8.55. The molecule has 2 aromatic carbocycles. The van der Waals surface area contributed by atoms with Crippen molar-refractivity contribution in [2.24, 2.45) is 5.73 Å². The van der Waals surface area contributed by atoms with Gasteiger partial charge < -0.3 is 25.8 Å². The summed E-state index contributed by atoms with van der Waals surface area (Å²) in [4.78, 5) is 26.8. The van der Waals surface area contributed by atoms with Crippen molar-refractivity contribution in [2.75, 3.05) is 31.2 Å². The number of phenolic OH excluding ortho intramolecular Hbond substituents is 1. The van der Waals surface area contributed by atoms with Gasteiger partial charge in [-0.1, -0.05) is 24.3 Å². The van der Waals surface area contributed by atoms with Crippen LogP contribution in [0.4, 0.5) is 5.69 Å². The molecule has 2 aromatic rings. The number of nitrogens with one attached hydrogen (secondary N) is 1. The average molecular weight is 369 g/mol. The lowest BCUT2D eigenvalue weighted by Gasteiger charge is -2.30. The van der Waals surface area contributed by atoms with Crippen molar-refractivity contribution in [2.45, 2.75) is 12.5 Å². The highest BCUT2D eigenvalue weighted by Crippen LogP contribution is 2.22. The first-order valence-corrected chi connectivity index (χ1v) is 8.84. The Balaban J connectivity index is 1.76. The Morgan fingerprint density at radius 3 is 2.44 bits per heavy atom. The predicted octanol–water partition coefficient (Wildman–Crippen LogP) is 1.06. The second-order valence-corrected chi connectivity index (χ2v) is 6.42. The van der Waals surface area contributed by atoms with E-state index in [9.17, 15) is 14.7 Å². The molecule has 0 aliphatic carbocycles. The third-order valence-electron chi connectivity index (χ3n) is 4.53. The molecule has 0 aromatic heterocycles. The van der Waals surface area contributed by atoms with Gasteiger partial charge in [-0.15, -0.1) is 0 Å². The Kier molecular flexibility index (Phi) is 5.93. The smallest absolute Gasteiger partial charge is 0.254 e. The minimum atomic E-state index is -0.847. The number of hydrogen-bond donors (Lipinski definition) is 3. The number of aromatic hydroxyl groups is 1. The SMILES string of the molecule is NC(=O)[C@H](Cc1ccc(O)cc1)NC(=O)c1ccccc1N1CCOCC1. The fourth-order valence-corrected chi connectivity index (χ4v) is 3.07. The minimum Gasteiger partial charge on any atom is -0.508 e. The Morgan fingerprint density at radius 2 is 1.78 bits per heavy atom. The highest BCUT2D eigenvalue weighted by Gasteiger charge is 2.23. The van der Waals surface area contributed by atoms with Gasteiger partial charge in [-0.25, -0.2) is 0 Å². The van der Waals surface area contributed by atoms with Crippen LogP contribution in [0.25, 0.3) is 0 Å². The molecule has 1 heterocycles. The third kappa shape index (κ3) is 4.77. The van der Waals surface area contributed by atoms with Gasteiger partial charge >= 0.3 is 0 Å². The summed E-state index contributed by atoms with van der Waals surface area (Å²) in [6.45, 7) is 2.63. The standard InChI is InChI=1S/C20H23N3O4/c21-19(25)17(13-14-5-7-15(24)8-6-14)22-20(26)16-3-1-2-4-18(16)23-9-11-27-12-10-23/h1-8,17,24H,9-13H2,(H2,21,25)(H,22,26)/t17-/m0/s1. The van der Waals surface area contributed by atoms with Crippen molar-refractivity contribution in [1.82, 2.24) is 5.32 Å². The maximum Gasteiger partial charge on any atom is 0.254 e. The number of phenols is 1. The normalized spacial score (nSPS) is 15.2. The molecule has 0 saturated carbocycles. The van der Waals surface area contributed by atoms with Crippen LogP contribution in [0.2, 0.25) is 0 Å². The number of nitrogens with zero attached hydrogens (tertiary/aromatic N) is 1. The third-order valence-corrected chi connectivity index (χ3v) is 4.53. The van der Waals surface area contributed by atoms with E-state index < -0.39 is 11.9 Å². The largest absolute Gasteiger partial charge is 0.508 e. The van der Waals surface area contributed by atoms with Crippen molar-refractivity contribution < 1.29 is 19.4 Å². The van der Waals surface area contributed by atoms with Crippen LogP contribution in [0, 0.1) is 0 Å². The zero-order valence-electron chi connectivity index (χ0n) is 14.9. The van der Waals surface area contributed by atoms with Crippen LogP contribution in [0.15, 0.2) is 48.5 Å². The summed E-state index contributed by atoms with van der Waals surface area (Å²) in [5.41, 5.74) is 7.59. The summed E-state index contributed by atoms with van der Waals surface area (Å²) >= 11 is 0. The number of amides is 2. The quantitative estimate of drug-likeness (QED) is 0.706. The monoisotopic (exact) mass is 369 g/mol. The van der Waals surface area contributed by atoms with Crippen molar-refractivity contribution in [1.29, 1.82) is 0 Å². The van der Waals surface area contributed by atoms with Gasteiger partial charge in [-0.05, 0) is 29.8 Å². The van der Waals surface area contributed by atoms with Crippen LogP contribution in [0.3, 0.4) is 0 Å². The second-order valence-electron chi connectivity index (χ2n) is 6.42. The molecule has 1 aliphatic rings. The highest BCUT2D eigenvalue weighted by molar-refractivity contribution is 6.02. The number of ether oxygens (including phenoxy) is 1. The zero-order valence-corrected chi connectivity index (χ0v) is 14.9. The van der Waals surface area contributed by atoms with E-state index in [1.807, 2.05) is 12.1 Å². The topological polar surface area (TPSA) is 105 Å². The maximum atomic E-state index is 12.9. The van der Waals surface area contributed by atoms with Crippen molar-refractivity contribution >= 4 is 17.5 Å². The Morgan fingerprint density at radius 1 is 1.11 bits per heavy atom. The fourth-order valence-electron chi connectivity index (χ4n) is 3.07. The van der Waals surface area contributed by atoms with E-state index >= 15 is 0 Å². The summed E-state index contributed by atoms with van der Waals surface area (Å²) in [7, 11) is 0. The average Bonchev–Trinajstić information content (AvgIpc) is 2.69. The van der Waals surface area contributed by atoms with Gasteiger partial charge in [0.25, 0.3) is 5.91 Å². The van der Waals surface area contributed by atoms with Crippen LogP contribution < -0.4 is 16.0 Å². The van der Waals surface area contributed by atoms with Crippen LogP contribution in [-0.4, -0.2) is 49.3 Å². The molecule has 0 bridgehead atoms. The molecule has 4 N–H and O–H groups in total. The van der Waals surface area contributed by atoms with Gasteiger partial charge in [0.15, 0.2) is 0 Å². The molecule has 1 fully saturated rings. The lowest BCUT2D eigenvalue weighted by Crippen LogP contribution is -2.46. The van der Waals surface area contributed by atoms with Crippen molar-refractivity contribution in [3.8, 4) is 5.75 Å². The number of anilines is 1. The van der Waals surface area contributed by atoms with Gasteiger partial charge in [0.1, 0.15) is 11.8 Å². The molecule has 2 amide bonds. The van der Waals surface area contributed by atoms with Crippen molar-refractivity contribution in [3.63, 3.8) is 0 Å². The van der Waals surface area contributed by atoms with E-state index in [1.54, 1.807) is 24.3 Å². The first kappa shape index (κ1) is 18.7. The molecule has 7 heteroatoms. The van der Waals surface area contributed by atoms with E-state index in [1.165, 1.54) is 12.1 Å². The Labute approximate surface area is 157 Å². The van der Waals surface area contributed by atoms with E-state index in [0.29, 0.717) is 31.9 Å². The first-order chi connectivity index (χ1) is 13.0. The molecule has 0 unspecified atom stereocenters. The number of rotatable bonds is 6. The lowest BCUT2D eigenvalue weighted by molar-refractivity contribution is -0.119. The van der Waals surface area contributed by atoms with E-state index in [4.69, 9.17) is 10.5 Å². The Hall–Kier alpha value is -3.06. The number of hydrogen-bond acceptors (Lipinski definition) is 5. The van der Waals surface area contributed by atoms with Gasteiger partial charge in [0.2, 0.25) is 5.91 Å². The Bertz CT molecular complexity index is 801. The fraction of sp³-hybridized carbons (Fsp3) is 0.300. The minimum absolute atomic E-state index is 0.137. The number of carbonyl (C=O) groups is 2. The van der Waals surface area contributed by atoms with Crippen molar-refractivity contribution in [3.05, 3.63) is 59.7 Å². The summed E-state index contributed by atoms with van der Waals surface area (Å²) in [6, 6.07) is 12.9. The summed E-state index contributed by atoms with van der Waals surface area (Å²) in [5, 5.41) is 12.1. The van der Waals surface area contributed by atoms with E-state index in [0.717, 1.165) is 11.3 Å². The summed E-state index contributed by atoms with van der Waals surface area (Å²) in [5.74, 6) is -0.821. The number of carbonyl (C=O) groups excluding carboxylic acids is 2. The lowest BCUT2D eigenvalue weighted by atomic mass is 10.0. The molecule has 27 heavy (non-hydrogen) atoms. The van der Waals surface area contributed by atoms with Gasteiger partial charge in [0, 0.05) is 25.2 Å². The molecular formula is C20H23N3O4. The number of para-hydroxylation sites is 1. The number of morpholine rings is 1. The number of nitrogens with two attached hydrogens (primary N) is 1. The number of benzene rings is 2. The highest BCUT2D eigenvalue weighted by atomic mass is 16.5. The van der Waals surface area contributed by atoms with Crippen LogP contribution in [0.1, 0.15) is 15.9 Å². The molecule has 142 valence electrons. The molecule has 1 aliphatic heterocycles. The molecule has 7 nitrogen and oxygen atoms in total. The van der Waals surface area contributed by atoms with Crippen LogP contribution >= 0.6 is 0 Å². The molecule has 1 saturated heterocycles. The molecule has 0 spiro atoms.